The fourth-order valence-corrected chi connectivity index (χ4v) is 3.39. The highest BCUT2D eigenvalue weighted by atomic mass is 79.9. The first-order valence-electron chi connectivity index (χ1n) is 8.27. The van der Waals surface area contributed by atoms with Crippen molar-refractivity contribution < 1.29 is 4.79 Å². The molecule has 0 saturated carbocycles. The largest absolute Gasteiger partial charge is 0.325 e. The predicted molar refractivity (Wildman–Crippen MR) is 113 cm³/mol. The molecular formula is C20H18BrN3O2S. The van der Waals surface area contributed by atoms with Crippen molar-refractivity contribution in [3.63, 3.8) is 0 Å². The van der Waals surface area contributed by atoms with E-state index in [-0.39, 0.29) is 22.2 Å². The third kappa shape index (κ3) is 4.87. The Bertz CT molecular complexity index is 1030. The highest BCUT2D eigenvalue weighted by molar-refractivity contribution is 9.10. The Balaban J connectivity index is 1.72. The van der Waals surface area contributed by atoms with E-state index in [9.17, 15) is 9.59 Å². The summed E-state index contributed by atoms with van der Waals surface area (Å²) in [7, 11) is 0. The predicted octanol–water partition coefficient (Wildman–Crippen LogP) is 4.34. The van der Waals surface area contributed by atoms with Gasteiger partial charge in [-0.15, -0.1) is 0 Å². The van der Waals surface area contributed by atoms with Gasteiger partial charge in [-0.05, 0) is 49.7 Å². The van der Waals surface area contributed by atoms with Crippen molar-refractivity contribution in [2.75, 3.05) is 11.1 Å². The van der Waals surface area contributed by atoms with E-state index in [0.717, 1.165) is 38.7 Å². The molecule has 0 aliphatic rings. The molecule has 1 N–H and O–H groups in total. The highest BCUT2D eigenvalue weighted by Crippen LogP contribution is 2.19. The number of anilines is 1. The van der Waals surface area contributed by atoms with Crippen molar-refractivity contribution in [2.24, 2.45) is 0 Å². The molecule has 2 aromatic carbocycles. The third-order valence-electron chi connectivity index (χ3n) is 3.90. The summed E-state index contributed by atoms with van der Waals surface area (Å²) in [5.41, 5.74) is 3.40. The molecule has 0 radical (unpaired) electrons. The Hall–Kier alpha value is -2.38. The van der Waals surface area contributed by atoms with Gasteiger partial charge in [0.2, 0.25) is 5.91 Å². The topological polar surface area (TPSA) is 64.0 Å². The molecule has 0 spiro atoms. The minimum absolute atomic E-state index is 0.111. The van der Waals surface area contributed by atoms with Gasteiger partial charge in [-0.3, -0.25) is 14.2 Å². The first kappa shape index (κ1) is 19.4. The number of benzene rings is 2. The lowest BCUT2D eigenvalue weighted by molar-refractivity contribution is -0.113. The molecule has 0 fully saturated rings. The number of thioether (sulfide) groups is 1. The number of aryl methyl sites for hydroxylation is 2. The second-order valence-electron chi connectivity index (χ2n) is 6.04. The summed E-state index contributed by atoms with van der Waals surface area (Å²) in [5.74, 6) is -0.0700. The third-order valence-corrected chi connectivity index (χ3v) is 5.75. The van der Waals surface area contributed by atoms with Crippen LogP contribution in [-0.2, 0) is 4.79 Å². The van der Waals surface area contributed by atoms with E-state index in [1.54, 1.807) is 12.4 Å². The van der Waals surface area contributed by atoms with Crippen molar-refractivity contribution in [1.29, 1.82) is 0 Å². The normalized spacial score (nSPS) is 10.6. The Morgan fingerprint density at radius 3 is 2.63 bits per heavy atom. The Kier molecular flexibility index (Phi) is 6.13. The van der Waals surface area contributed by atoms with Crippen LogP contribution in [0.5, 0.6) is 0 Å². The summed E-state index contributed by atoms with van der Waals surface area (Å²) in [6, 6.07) is 13.2. The number of aromatic nitrogens is 2. The number of nitrogens with zero attached hydrogens (tertiary/aromatic N) is 2. The lowest BCUT2D eigenvalue weighted by Crippen LogP contribution is -2.22. The number of hydrogen-bond donors (Lipinski definition) is 1. The van der Waals surface area contributed by atoms with Gasteiger partial charge in [0.1, 0.15) is 0 Å². The van der Waals surface area contributed by atoms with E-state index in [0.29, 0.717) is 0 Å². The summed E-state index contributed by atoms with van der Waals surface area (Å²) >= 11 is 4.59. The zero-order valence-corrected chi connectivity index (χ0v) is 17.3. The van der Waals surface area contributed by atoms with Gasteiger partial charge >= 0.3 is 0 Å². The fourth-order valence-electron chi connectivity index (χ4n) is 2.44. The van der Waals surface area contributed by atoms with E-state index >= 15 is 0 Å². The van der Waals surface area contributed by atoms with E-state index in [4.69, 9.17) is 0 Å². The first-order valence-corrected chi connectivity index (χ1v) is 10.1. The van der Waals surface area contributed by atoms with E-state index in [1.165, 1.54) is 4.57 Å². The van der Waals surface area contributed by atoms with Crippen molar-refractivity contribution >= 4 is 39.3 Å². The maximum Gasteiger partial charge on any atom is 0.287 e. The molecule has 1 heterocycles. The van der Waals surface area contributed by atoms with Gasteiger partial charge in [-0.25, -0.2) is 4.98 Å². The lowest BCUT2D eigenvalue weighted by atomic mass is 10.2. The monoisotopic (exact) mass is 443 g/mol. The molecule has 0 aliphatic carbocycles. The quantitative estimate of drug-likeness (QED) is 0.595. The van der Waals surface area contributed by atoms with Crippen LogP contribution in [0.2, 0.25) is 0 Å². The average molecular weight is 444 g/mol. The molecule has 0 saturated heterocycles. The maximum absolute atomic E-state index is 12.7. The van der Waals surface area contributed by atoms with E-state index < -0.39 is 0 Å². The second-order valence-corrected chi connectivity index (χ2v) is 7.86. The van der Waals surface area contributed by atoms with Crippen molar-refractivity contribution in [1.82, 2.24) is 9.55 Å². The molecule has 0 atom stereocenters. The van der Waals surface area contributed by atoms with Gasteiger partial charge in [0.05, 0.1) is 5.75 Å². The molecule has 5 nitrogen and oxygen atoms in total. The standard InChI is InChI=1S/C20H18BrN3O2S/c1-13-3-5-15(6-4-13)23-18(25)12-27-19-20(26)24(10-9-22-19)16-7-8-17(21)14(2)11-16/h3-11H,12H2,1-2H3,(H,23,25). The zero-order valence-electron chi connectivity index (χ0n) is 14.9. The minimum atomic E-state index is -0.243. The highest BCUT2D eigenvalue weighted by Gasteiger charge is 2.11. The van der Waals surface area contributed by atoms with Crippen molar-refractivity contribution in [3.05, 3.63) is 80.8 Å². The second kappa shape index (κ2) is 8.54. The minimum Gasteiger partial charge on any atom is -0.325 e. The molecule has 0 unspecified atom stereocenters. The average Bonchev–Trinajstić information content (AvgIpc) is 2.65. The SMILES string of the molecule is Cc1ccc(NC(=O)CSc2nccn(-c3ccc(Br)c(C)c3)c2=O)cc1. The van der Waals surface area contributed by atoms with Crippen LogP contribution < -0.4 is 10.9 Å². The number of carbonyl (C=O) groups excluding carboxylic acids is 1. The summed E-state index contributed by atoms with van der Waals surface area (Å²) in [6.45, 7) is 3.95. The Labute approximate surface area is 170 Å². The van der Waals surface area contributed by atoms with Crippen LogP contribution in [0.15, 0.2) is 69.2 Å². The van der Waals surface area contributed by atoms with Crippen molar-refractivity contribution in [3.8, 4) is 5.69 Å². The molecule has 3 aromatic rings. The molecule has 138 valence electrons. The number of nitrogens with one attached hydrogen (secondary N) is 1. The summed E-state index contributed by atoms with van der Waals surface area (Å²) in [6.07, 6.45) is 3.19. The summed E-state index contributed by atoms with van der Waals surface area (Å²) in [4.78, 5) is 29.0. The maximum atomic E-state index is 12.7. The van der Waals surface area contributed by atoms with Crippen LogP contribution in [0.1, 0.15) is 11.1 Å². The number of halogens is 1. The van der Waals surface area contributed by atoms with Gasteiger partial charge in [-0.1, -0.05) is 45.4 Å². The lowest BCUT2D eigenvalue weighted by Gasteiger charge is -2.09. The molecule has 0 aliphatic heterocycles. The summed E-state index contributed by atoms with van der Waals surface area (Å²) < 4.78 is 2.52. The number of carbonyl (C=O) groups is 1. The molecule has 7 heteroatoms. The van der Waals surface area contributed by atoms with Gasteiger partial charge < -0.3 is 5.32 Å². The Morgan fingerprint density at radius 1 is 1.19 bits per heavy atom. The van der Waals surface area contributed by atoms with Crippen LogP contribution >= 0.6 is 27.7 Å². The molecule has 1 amide bonds. The van der Waals surface area contributed by atoms with Crippen LogP contribution in [0.4, 0.5) is 5.69 Å². The van der Waals surface area contributed by atoms with Crippen LogP contribution in [0.25, 0.3) is 5.69 Å². The number of hydrogen-bond acceptors (Lipinski definition) is 4. The van der Waals surface area contributed by atoms with Gasteiger partial charge in [0.25, 0.3) is 5.56 Å². The van der Waals surface area contributed by atoms with E-state index in [1.807, 2.05) is 56.3 Å². The smallest absolute Gasteiger partial charge is 0.287 e. The van der Waals surface area contributed by atoms with Crippen molar-refractivity contribution in [2.45, 2.75) is 18.9 Å². The summed E-state index contributed by atoms with van der Waals surface area (Å²) in [5, 5.41) is 3.11. The van der Waals surface area contributed by atoms with Gasteiger partial charge in [0.15, 0.2) is 5.03 Å². The van der Waals surface area contributed by atoms with Crippen LogP contribution in [0.3, 0.4) is 0 Å². The molecule has 27 heavy (non-hydrogen) atoms. The van der Waals surface area contributed by atoms with Crippen LogP contribution in [0, 0.1) is 13.8 Å². The molecule has 3 rings (SSSR count). The first-order chi connectivity index (χ1) is 12.9. The number of amides is 1. The number of rotatable bonds is 5. The molecule has 0 bridgehead atoms. The van der Waals surface area contributed by atoms with E-state index in [2.05, 4.69) is 26.2 Å². The zero-order chi connectivity index (χ0) is 19.4. The van der Waals surface area contributed by atoms with Gasteiger partial charge in [-0.2, -0.15) is 0 Å². The molecular weight excluding hydrogens is 426 g/mol. The fraction of sp³-hybridized carbons (Fsp3) is 0.150. The Morgan fingerprint density at radius 2 is 1.93 bits per heavy atom. The van der Waals surface area contributed by atoms with Gasteiger partial charge in [0, 0.05) is 28.2 Å². The molecule has 1 aromatic heterocycles. The van der Waals surface area contributed by atoms with Crippen LogP contribution in [-0.4, -0.2) is 21.2 Å².